The first-order valence-electron chi connectivity index (χ1n) is 13.7. The number of pyridine rings is 3. The van der Waals surface area contributed by atoms with Gasteiger partial charge in [-0.05, 0) is 30.8 Å². The number of aromatic amines is 1. The number of H-pyrrole nitrogens is 1. The van der Waals surface area contributed by atoms with Crippen LogP contribution >= 0.6 is 0 Å². The average molecular weight is 547 g/mol. The van der Waals surface area contributed by atoms with Crippen molar-refractivity contribution in [3.63, 3.8) is 0 Å². The first-order chi connectivity index (χ1) is 20.1. The topological polar surface area (TPSA) is 111 Å². The number of carbonyl (C=O) groups excluding carboxylic acids is 1. The SMILES string of the molecule is CN1CCN(c2ccc(Nc3cnc(-c4c[nH]c5nc(OCc6ccccc6)ccc45)c4c3C(=O)NC4)nc2)CC1. The lowest BCUT2D eigenvalue weighted by atomic mass is 10.0. The number of rotatable bonds is 7. The number of ether oxygens (including phenoxy) is 1. The molecule has 0 atom stereocenters. The zero-order chi connectivity index (χ0) is 27.8. The number of aromatic nitrogens is 4. The minimum absolute atomic E-state index is 0.130. The van der Waals surface area contributed by atoms with E-state index >= 15 is 0 Å². The summed E-state index contributed by atoms with van der Waals surface area (Å²) in [7, 11) is 2.14. The number of hydrogen-bond donors (Lipinski definition) is 3. The Balaban J connectivity index is 1.13. The van der Waals surface area contributed by atoms with Crippen LogP contribution in [-0.4, -0.2) is 64.0 Å². The van der Waals surface area contributed by atoms with E-state index in [-0.39, 0.29) is 5.91 Å². The Labute approximate surface area is 237 Å². The van der Waals surface area contributed by atoms with E-state index in [0.717, 1.165) is 59.6 Å². The van der Waals surface area contributed by atoms with E-state index < -0.39 is 0 Å². The van der Waals surface area contributed by atoms with Gasteiger partial charge in [-0.2, -0.15) is 4.98 Å². The van der Waals surface area contributed by atoms with Gasteiger partial charge in [-0.25, -0.2) is 4.98 Å². The number of fused-ring (bicyclic) bond motifs is 2. The zero-order valence-corrected chi connectivity index (χ0v) is 22.7. The van der Waals surface area contributed by atoms with Crippen LogP contribution in [0.3, 0.4) is 0 Å². The van der Waals surface area contributed by atoms with Gasteiger partial charge in [0.05, 0.1) is 35.0 Å². The maximum Gasteiger partial charge on any atom is 0.254 e. The Morgan fingerprint density at radius 1 is 0.976 bits per heavy atom. The number of nitrogens with one attached hydrogen (secondary N) is 3. The fourth-order valence-corrected chi connectivity index (χ4v) is 5.41. The van der Waals surface area contributed by atoms with E-state index in [9.17, 15) is 4.79 Å². The highest BCUT2D eigenvalue weighted by atomic mass is 16.5. The number of nitrogens with zero attached hydrogens (tertiary/aromatic N) is 5. The highest BCUT2D eigenvalue weighted by molar-refractivity contribution is 6.06. The molecule has 1 amide bonds. The molecule has 206 valence electrons. The van der Waals surface area contributed by atoms with Gasteiger partial charge in [0.15, 0.2) is 0 Å². The number of likely N-dealkylation sites (N-methyl/N-ethyl adjacent to an activating group) is 1. The van der Waals surface area contributed by atoms with Crippen molar-refractivity contribution in [3.8, 4) is 17.1 Å². The van der Waals surface area contributed by atoms with Crippen molar-refractivity contribution in [2.24, 2.45) is 0 Å². The normalized spacial score (nSPS) is 15.1. The largest absolute Gasteiger partial charge is 0.473 e. The quantitative estimate of drug-likeness (QED) is 0.277. The van der Waals surface area contributed by atoms with Crippen molar-refractivity contribution in [1.82, 2.24) is 30.2 Å². The van der Waals surface area contributed by atoms with Gasteiger partial charge in [-0.15, -0.1) is 0 Å². The molecule has 2 aliphatic rings. The monoisotopic (exact) mass is 546 g/mol. The van der Waals surface area contributed by atoms with Crippen LogP contribution in [0.15, 0.2) is 73.2 Å². The van der Waals surface area contributed by atoms with Crippen LogP contribution in [0.1, 0.15) is 21.5 Å². The molecule has 0 bridgehead atoms. The predicted octanol–water partition coefficient (Wildman–Crippen LogP) is 4.34. The third-order valence-corrected chi connectivity index (χ3v) is 7.71. The van der Waals surface area contributed by atoms with E-state index in [1.807, 2.05) is 60.9 Å². The van der Waals surface area contributed by atoms with Gasteiger partial charge in [-0.1, -0.05) is 30.3 Å². The second kappa shape index (κ2) is 10.5. The van der Waals surface area contributed by atoms with Crippen molar-refractivity contribution in [2.75, 3.05) is 43.4 Å². The number of piperazine rings is 1. The molecule has 1 aromatic carbocycles. The van der Waals surface area contributed by atoms with E-state index in [1.54, 1.807) is 6.20 Å². The molecule has 10 heteroatoms. The smallest absolute Gasteiger partial charge is 0.254 e. The molecule has 3 N–H and O–H groups in total. The van der Waals surface area contributed by atoms with Gasteiger partial charge >= 0.3 is 0 Å². The Kier molecular flexibility index (Phi) is 6.44. The summed E-state index contributed by atoms with van der Waals surface area (Å²) in [5, 5.41) is 7.19. The predicted molar refractivity (Wildman–Crippen MR) is 158 cm³/mol. The lowest BCUT2D eigenvalue weighted by molar-refractivity contribution is 0.0966. The maximum atomic E-state index is 12.9. The highest BCUT2D eigenvalue weighted by Crippen LogP contribution is 2.36. The minimum atomic E-state index is -0.130. The van der Waals surface area contributed by atoms with E-state index in [1.165, 1.54) is 0 Å². The third-order valence-electron chi connectivity index (χ3n) is 7.71. The van der Waals surface area contributed by atoms with Crippen molar-refractivity contribution >= 4 is 34.1 Å². The van der Waals surface area contributed by atoms with Gasteiger partial charge < -0.3 is 30.2 Å². The van der Waals surface area contributed by atoms with Crippen LogP contribution in [0.25, 0.3) is 22.3 Å². The molecular formula is C31H30N8O2. The van der Waals surface area contributed by atoms with Gasteiger partial charge in [0.2, 0.25) is 5.88 Å². The van der Waals surface area contributed by atoms with Crippen molar-refractivity contribution in [3.05, 3.63) is 89.9 Å². The van der Waals surface area contributed by atoms with Crippen LogP contribution in [0, 0.1) is 0 Å². The summed E-state index contributed by atoms with van der Waals surface area (Å²) in [4.78, 5) is 34.9. The molecule has 1 fully saturated rings. The summed E-state index contributed by atoms with van der Waals surface area (Å²) in [5.74, 6) is 1.07. The average Bonchev–Trinajstić information content (AvgIpc) is 3.61. The Hall–Kier alpha value is -4.96. The molecule has 10 nitrogen and oxygen atoms in total. The summed E-state index contributed by atoms with van der Waals surface area (Å²) in [5.41, 5.74) is 6.57. The van der Waals surface area contributed by atoms with E-state index in [2.05, 4.69) is 48.5 Å². The molecule has 0 aliphatic carbocycles. The molecule has 41 heavy (non-hydrogen) atoms. The van der Waals surface area contributed by atoms with Gasteiger partial charge in [0, 0.05) is 61.5 Å². The minimum Gasteiger partial charge on any atom is -0.473 e. The van der Waals surface area contributed by atoms with Crippen LogP contribution in [0.4, 0.5) is 17.2 Å². The highest BCUT2D eigenvalue weighted by Gasteiger charge is 2.28. The molecule has 6 heterocycles. The van der Waals surface area contributed by atoms with E-state index in [0.29, 0.717) is 41.7 Å². The number of benzene rings is 1. The number of hydrogen-bond acceptors (Lipinski definition) is 8. The second-order valence-corrected chi connectivity index (χ2v) is 10.4. The number of carbonyl (C=O) groups is 1. The van der Waals surface area contributed by atoms with Gasteiger partial charge in [0.1, 0.15) is 18.1 Å². The van der Waals surface area contributed by atoms with Crippen LogP contribution in [-0.2, 0) is 13.2 Å². The summed E-state index contributed by atoms with van der Waals surface area (Å²) in [6, 6.07) is 17.8. The molecule has 0 unspecified atom stereocenters. The first-order valence-corrected chi connectivity index (χ1v) is 13.7. The molecule has 7 rings (SSSR count). The zero-order valence-electron chi connectivity index (χ0n) is 22.7. The lowest BCUT2D eigenvalue weighted by Crippen LogP contribution is -2.44. The fraction of sp³-hybridized carbons (Fsp3) is 0.226. The van der Waals surface area contributed by atoms with Crippen molar-refractivity contribution in [1.29, 1.82) is 0 Å². The standard InChI is InChI=1S/C31H30N8O2/c1-38-11-13-39(14-12-38)21-7-9-26(32-15-21)36-25-18-33-29(24-17-35-31(40)28(24)25)23-16-34-30-22(23)8-10-27(37-30)41-19-20-5-3-2-4-6-20/h2-10,15-16,18H,11-14,17,19H2,1H3,(H,32,36)(H,34,37)(H,35,40). The second-order valence-electron chi connectivity index (χ2n) is 10.4. The number of amides is 1. The summed E-state index contributed by atoms with van der Waals surface area (Å²) in [6.45, 7) is 4.88. The molecule has 5 aromatic rings. The van der Waals surface area contributed by atoms with Gasteiger partial charge in [-0.3, -0.25) is 9.78 Å². The van der Waals surface area contributed by atoms with Crippen molar-refractivity contribution in [2.45, 2.75) is 13.2 Å². The van der Waals surface area contributed by atoms with Crippen LogP contribution in [0.5, 0.6) is 5.88 Å². The summed E-state index contributed by atoms with van der Waals surface area (Å²) < 4.78 is 5.90. The number of anilines is 3. The Bertz CT molecular complexity index is 1710. The molecule has 0 saturated carbocycles. The molecule has 0 spiro atoms. The maximum absolute atomic E-state index is 12.9. The fourth-order valence-electron chi connectivity index (χ4n) is 5.41. The molecule has 4 aromatic heterocycles. The Morgan fingerprint density at radius 2 is 1.83 bits per heavy atom. The Morgan fingerprint density at radius 3 is 2.63 bits per heavy atom. The molecular weight excluding hydrogens is 516 g/mol. The van der Waals surface area contributed by atoms with Gasteiger partial charge in [0.25, 0.3) is 5.91 Å². The molecule has 2 aliphatic heterocycles. The lowest BCUT2D eigenvalue weighted by Gasteiger charge is -2.33. The molecule has 1 saturated heterocycles. The third kappa shape index (κ3) is 4.93. The van der Waals surface area contributed by atoms with Crippen LogP contribution < -0.4 is 20.3 Å². The van der Waals surface area contributed by atoms with E-state index in [4.69, 9.17) is 9.72 Å². The van der Waals surface area contributed by atoms with Crippen LogP contribution in [0.2, 0.25) is 0 Å². The van der Waals surface area contributed by atoms with Crippen molar-refractivity contribution < 1.29 is 9.53 Å². The molecule has 0 radical (unpaired) electrons. The first kappa shape index (κ1) is 25.0. The summed E-state index contributed by atoms with van der Waals surface area (Å²) >= 11 is 0. The summed E-state index contributed by atoms with van der Waals surface area (Å²) in [6.07, 6.45) is 5.47.